The Balaban J connectivity index is 2.19. The second-order valence-corrected chi connectivity index (χ2v) is 5.59. The lowest BCUT2D eigenvalue weighted by molar-refractivity contribution is 0.436. The van der Waals surface area contributed by atoms with Crippen LogP contribution in [0, 0.1) is 13.8 Å². The second kappa shape index (κ2) is 5.26. The van der Waals surface area contributed by atoms with Gasteiger partial charge in [0.1, 0.15) is 0 Å². The van der Waals surface area contributed by atoms with Gasteiger partial charge in [0, 0.05) is 10.6 Å². The van der Waals surface area contributed by atoms with Crippen LogP contribution in [0.2, 0.25) is 5.02 Å². The van der Waals surface area contributed by atoms with E-state index in [1.807, 2.05) is 24.3 Å². The van der Waals surface area contributed by atoms with E-state index in [0.717, 1.165) is 16.7 Å². The van der Waals surface area contributed by atoms with Gasteiger partial charge in [-0.05, 0) is 43.7 Å². The van der Waals surface area contributed by atoms with E-state index in [-0.39, 0.29) is 0 Å². The summed E-state index contributed by atoms with van der Waals surface area (Å²) in [5.41, 5.74) is 11.0. The predicted octanol–water partition coefficient (Wildman–Crippen LogP) is 4.86. The SMILES string of the molecule is Cc1cc(C)cc(-c2onc(N)c2-c2ccc(Cl)cc2)c1. The number of nitrogens with zero attached hydrogens (tertiary/aromatic N) is 1. The third kappa shape index (κ3) is 2.65. The van der Waals surface area contributed by atoms with E-state index in [9.17, 15) is 0 Å². The summed E-state index contributed by atoms with van der Waals surface area (Å²) in [5, 5.41) is 4.60. The van der Waals surface area contributed by atoms with E-state index in [0.29, 0.717) is 16.6 Å². The van der Waals surface area contributed by atoms with E-state index in [1.54, 1.807) is 0 Å². The maximum Gasteiger partial charge on any atom is 0.176 e. The molecule has 0 aliphatic rings. The third-order valence-electron chi connectivity index (χ3n) is 3.34. The maximum absolute atomic E-state index is 5.99. The van der Waals surface area contributed by atoms with Crippen LogP contribution in [0.3, 0.4) is 0 Å². The fraction of sp³-hybridized carbons (Fsp3) is 0.118. The van der Waals surface area contributed by atoms with Crippen molar-refractivity contribution < 1.29 is 4.52 Å². The van der Waals surface area contributed by atoms with Gasteiger partial charge in [0.15, 0.2) is 11.6 Å². The molecule has 4 heteroatoms. The zero-order valence-corrected chi connectivity index (χ0v) is 12.6. The molecule has 0 saturated carbocycles. The maximum atomic E-state index is 5.99. The van der Waals surface area contributed by atoms with Crippen molar-refractivity contribution in [3.63, 3.8) is 0 Å². The standard InChI is InChI=1S/C17H15ClN2O/c1-10-7-11(2)9-13(8-10)16-15(17(19)20-21-16)12-3-5-14(18)6-4-12/h3-9H,1-2H3,(H2,19,20). The molecule has 0 aliphatic carbocycles. The minimum Gasteiger partial charge on any atom is -0.380 e. The first-order chi connectivity index (χ1) is 10.0. The van der Waals surface area contributed by atoms with Crippen LogP contribution < -0.4 is 5.73 Å². The summed E-state index contributed by atoms with van der Waals surface area (Å²) in [6, 6.07) is 13.7. The third-order valence-corrected chi connectivity index (χ3v) is 3.59. The normalized spacial score (nSPS) is 10.8. The summed E-state index contributed by atoms with van der Waals surface area (Å²) in [4.78, 5) is 0. The highest BCUT2D eigenvalue weighted by Crippen LogP contribution is 2.37. The van der Waals surface area contributed by atoms with Crippen LogP contribution in [0.4, 0.5) is 5.82 Å². The molecule has 0 spiro atoms. The minimum atomic E-state index is 0.381. The van der Waals surface area contributed by atoms with Crippen molar-refractivity contribution in [3.05, 3.63) is 58.6 Å². The van der Waals surface area contributed by atoms with E-state index in [1.165, 1.54) is 11.1 Å². The first-order valence-corrected chi connectivity index (χ1v) is 7.02. The number of nitrogens with two attached hydrogens (primary N) is 1. The van der Waals surface area contributed by atoms with Gasteiger partial charge in [0.2, 0.25) is 0 Å². The Hall–Kier alpha value is -2.26. The van der Waals surface area contributed by atoms with Crippen LogP contribution in [0.1, 0.15) is 11.1 Å². The largest absolute Gasteiger partial charge is 0.380 e. The van der Waals surface area contributed by atoms with Crippen molar-refractivity contribution in [2.24, 2.45) is 0 Å². The van der Waals surface area contributed by atoms with E-state index in [4.69, 9.17) is 21.9 Å². The molecule has 2 N–H and O–H groups in total. The molecule has 3 aromatic rings. The van der Waals surface area contributed by atoms with Crippen molar-refractivity contribution in [3.8, 4) is 22.5 Å². The molecule has 3 nitrogen and oxygen atoms in total. The van der Waals surface area contributed by atoms with Crippen LogP contribution >= 0.6 is 11.6 Å². The van der Waals surface area contributed by atoms with Crippen LogP contribution in [0.5, 0.6) is 0 Å². The number of aromatic nitrogens is 1. The highest BCUT2D eigenvalue weighted by molar-refractivity contribution is 6.30. The van der Waals surface area contributed by atoms with Gasteiger partial charge in [0.05, 0.1) is 5.56 Å². The van der Waals surface area contributed by atoms with Crippen LogP contribution in [0.15, 0.2) is 47.0 Å². The number of benzene rings is 2. The summed E-state index contributed by atoms with van der Waals surface area (Å²) in [7, 11) is 0. The average molecular weight is 299 g/mol. The van der Waals surface area contributed by atoms with Gasteiger partial charge in [-0.1, -0.05) is 46.1 Å². The fourth-order valence-corrected chi connectivity index (χ4v) is 2.63. The highest BCUT2D eigenvalue weighted by atomic mass is 35.5. The van der Waals surface area contributed by atoms with Gasteiger partial charge in [-0.15, -0.1) is 0 Å². The molecular weight excluding hydrogens is 284 g/mol. The van der Waals surface area contributed by atoms with Crippen molar-refractivity contribution in [2.45, 2.75) is 13.8 Å². The predicted molar refractivity (Wildman–Crippen MR) is 86.3 cm³/mol. The first-order valence-electron chi connectivity index (χ1n) is 6.64. The van der Waals surface area contributed by atoms with Gasteiger partial charge < -0.3 is 10.3 Å². The Morgan fingerprint density at radius 1 is 0.952 bits per heavy atom. The Morgan fingerprint density at radius 3 is 2.19 bits per heavy atom. The molecule has 1 aromatic heterocycles. The minimum absolute atomic E-state index is 0.381. The molecule has 3 rings (SSSR count). The molecule has 0 atom stereocenters. The number of aryl methyl sites for hydroxylation is 2. The smallest absolute Gasteiger partial charge is 0.176 e. The van der Waals surface area contributed by atoms with Crippen molar-refractivity contribution in [1.82, 2.24) is 5.16 Å². The molecule has 21 heavy (non-hydrogen) atoms. The van der Waals surface area contributed by atoms with Crippen molar-refractivity contribution in [1.29, 1.82) is 0 Å². The van der Waals surface area contributed by atoms with Gasteiger partial charge in [-0.2, -0.15) is 0 Å². The molecule has 0 fully saturated rings. The van der Waals surface area contributed by atoms with Crippen molar-refractivity contribution >= 4 is 17.4 Å². The monoisotopic (exact) mass is 298 g/mol. The molecule has 0 amide bonds. The van der Waals surface area contributed by atoms with Crippen LogP contribution in [0.25, 0.3) is 22.5 Å². The Bertz CT molecular complexity index is 771. The lowest BCUT2D eigenvalue weighted by Crippen LogP contribution is -1.89. The van der Waals surface area contributed by atoms with Gasteiger partial charge >= 0.3 is 0 Å². The second-order valence-electron chi connectivity index (χ2n) is 5.16. The molecule has 2 aromatic carbocycles. The molecule has 0 radical (unpaired) electrons. The number of hydrogen-bond donors (Lipinski definition) is 1. The lowest BCUT2D eigenvalue weighted by Gasteiger charge is -2.05. The summed E-state index contributed by atoms with van der Waals surface area (Å²) in [6.07, 6.45) is 0. The summed E-state index contributed by atoms with van der Waals surface area (Å²) >= 11 is 5.94. The van der Waals surface area contributed by atoms with Crippen LogP contribution in [-0.2, 0) is 0 Å². The van der Waals surface area contributed by atoms with Gasteiger partial charge in [-0.25, -0.2) is 0 Å². The Morgan fingerprint density at radius 2 is 1.57 bits per heavy atom. The zero-order chi connectivity index (χ0) is 15.0. The Kier molecular flexibility index (Phi) is 3.43. The first kappa shape index (κ1) is 13.7. The quantitative estimate of drug-likeness (QED) is 0.735. The molecular formula is C17H15ClN2O. The summed E-state index contributed by atoms with van der Waals surface area (Å²) in [6.45, 7) is 4.11. The molecule has 1 heterocycles. The molecule has 0 unspecified atom stereocenters. The summed E-state index contributed by atoms with van der Waals surface area (Å²) < 4.78 is 5.47. The number of hydrogen-bond acceptors (Lipinski definition) is 3. The molecule has 0 aliphatic heterocycles. The Labute approximate surface area is 128 Å². The van der Waals surface area contributed by atoms with E-state index >= 15 is 0 Å². The zero-order valence-electron chi connectivity index (χ0n) is 11.9. The van der Waals surface area contributed by atoms with E-state index in [2.05, 4.69) is 37.2 Å². The average Bonchev–Trinajstić information content (AvgIpc) is 2.80. The topological polar surface area (TPSA) is 52.0 Å². The van der Waals surface area contributed by atoms with Crippen molar-refractivity contribution in [2.75, 3.05) is 5.73 Å². The number of halogens is 1. The van der Waals surface area contributed by atoms with Gasteiger partial charge in [0.25, 0.3) is 0 Å². The lowest BCUT2D eigenvalue weighted by atomic mass is 9.99. The number of nitrogen functional groups attached to an aromatic ring is 1. The van der Waals surface area contributed by atoms with Gasteiger partial charge in [-0.3, -0.25) is 0 Å². The molecule has 0 saturated heterocycles. The molecule has 0 bridgehead atoms. The summed E-state index contributed by atoms with van der Waals surface area (Å²) in [5.74, 6) is 1.06. The van der Waals surface area contributed by atoms with E-state index < -0.39 is 0 Å². The molecule has 106 valence electrons. The fourth-order valence-electron chi connectivity index (χ4n) is 2.50. The number of rotatable bonds is 2. The highest BCUT2D eigenvalue weighted by Gasteiger charge is 2.18. The number of anilines is 1. The van der Waals surface area contributed by atoms with Crippen LogP contribution in [-0.4, -0.2) is 5.16 Å².